The molecule has 5 nitrogen and oxygen atoms in total. The number of aryl methyl sites for hydroxylation is 1. The zero-order valence-corrected chi connectivity index (χ0v) is 19.4. The van der Waals surface area contributed by atoms with E-state index in [1.54, 1.807) is 17.0 Å². The highest BCUT2D eigenvalue weighted by Gasteiger charge is 2.33. The van der Waals surface area contributed by atoms with Gasteiger partial charge < -0.3 is 14.5 Å². The van der Waals surface area contributed by atoms with Crippen LogP contribution in [0.25, 0.3) is 0 Å². The molecule has 1 atom stereocenters. The lowest BCUT2D eigenvalue weighted by Crippen LogP contribution is -2.44. The monoisotopic (exact) mass is 473 g/mol. The molecule has 1 amide bonds. The average molecular weight is 474 g/mol. The maximum Gasteiger partial charge on any atom is 0.573 e. The van der Waals surface area contributed by atoms with Gasteiger partial charge in [0.25, 0.3) is 5.91 Å². The van der Waals surface area contributed by atoms with Crippen molar-refractivity contribution in [1.82, 2.24) is 9.80 Å². The molecule has 8 heteroatoms. The van der Waals surface area contributed by atoms with E-state index in [2.05, 4.69) is 26.7 Å². The van der Waals surface area contributed by atoms with E-state index in [0.29, 0.717) is 19.1 Å². The molecule has 3 heterocycles. The van der Waals surface area contributed by atoms with E-state index in [9.17, 15) is 18.0 Å². The number of amides is 1. The number of rotatable bonds is 4. The van der Waals surface area contributed by atoms with Gasteiger partial charge in [0, 0.05) is 50.0 Å². The van der Waals surface area contributed by atoms with E-state index < -0.39 is 6.36 Å². The van der Waals surface area contributed by atoms with Gasteiger partial charge in [-0.05, 0) is 73.7 Å². The first-order valence-electron chi connectivity index (χ1n) is 12.0. The lowest BCUT2D eigenvalue weighted by Gasteiger charge is -2.36. The third-order valence-electron chi connectivity index (χ3n) is 7.21. The van der Waals surface area contributed by atoms with Crippen LogP contribution in [-0.2, 0) is 13.1 Å². The third kappa shape index (κ3) is 4.87. The van der Waals surface area contributed by atoms with Crippen molar-refractivity contribution in [2.75, 3.05) is 31.1 Å². The molecule has 0 radical (unpaired) electrons. The quantitative estimate of drug-likeness (QED) is 0.618. The molecule has 0 spiro atoms. The first kappa shape index (κ1) is 23.0. The van der Waals surface area contributed by atoms with Crippen molar-refractivity contribution >= 4 is 11.6 Å². The molecule has 0 N–H and O–H groups in total. The summed E-state index contributed by atoms with van der Waals surface area (Å²) in [5.41, 5.74) is 4.72. The van der Waals surface area contributed by atoms with Gasteiger partial charge in [0.2, 0.25) is 0 Å². The van der Waals surface area contributed by atoms with Gasteiger partial charge in [-0.1, -0.05) is 18.6 Å². The minimum absolute atomic E-state index is 0.0241. The van der Waals surface area contributed by atoms with Crippen molar-refractivity contribution in [2.45, 2.75) is 58.1 Å². The van der Waals surface area contributed by atoms with Gasteiger partial charge in [-0.25, -0.2) is 0 Å². The number of hydrogen-bond acceptors (Lipinski definition) is 4. The average Bonchev–Trinajstić information content (AvgIpc) is 2.96. The number of fused-ring (bicyclic) bond motifs is 2. The summed E-state index contributed by atoms with van der Waals surface area (Å²) in [6, 6.07) is 10.6. The molecule has 2 saturated heterocycles. The molecule has 0 aliphatic carbocycles. The van der Waals surface area contributed by atoms with Crippen LogP contribution >= 0.6 is 0 Å². The zero-order valence-electron chi connectivity index (χ0n) is 19.4. The number of anilines is 1. The predicted molar refractivity (Wildman–Crippen MR) is 124 cm³/mol. The molecule has 182 valence electrons. The zero-order chi connectivity index (χ0) is 23.9. The van der Waals surface area contributed by atoms with Crippen molar-refractivity contribution in [3.05, 3.63) is 58.7 Å². The van der Waals surface area contributed by atoms with Crippen molar-refractivity contribution < 1.29 is 22.7 Å². The van der Waals surface area contributed by atoms with Crippen molar-refractivity contribution in [3.63, 3.8) is 0 Å². The fourth-order valence-corrected chi connectivity index (χ4v) is 5.64. The SMILES string of the molecule is Cc1cc(N2CCCN3CCCCC3C2)cc2c1C(=O)N(Cc1ccc(OC(F)(F)F)cc1)C2. The molecule has 0 saturated carbocycles. The van der Waals surface area contributed by atoms with Gasteiger partial charge in [-0.2, -0.15) is 0 Å². The van der Waals surface area contributed by atoms with Crippen molar-refractivity contribution in [2.24, 2.45) is 0 Å². The number of alkyl halides is 3. The minimum atomic E-state index is -4.72. The number of carbonyl (C=O) groups is 1. The Kier molecular flexibility index (Phi) is 6.18. The maximum atomic E-state index is 13.1. The van der Waals surface area contributed by atoms with Crippen LogP contribution in [0.1, 0.15) is 52.7 Å². The first-order chi connectivity index (χ1) is 16.3. The Morgan fingerprint density at radius 2 is 1.79 bits per heavy atom. The van der Waals surface area contributed by atoms with Crippen LogP contribution in [0.5, 0.6) is 5.75 Å². The lowest BCUT2D eigenvalue weighted by atomic mass is 10.0. The van der Waals surface area contributed by atoms with Gasteiger partial charge in [0.15, 0.2) is 0 Å². The van der Waals surface area contributed by atoms with Crippen LogP contribution in [0.4, 0.5) is 18.9 Å². The normalized spacial score (nSPS) is 21.3. The molecular formula is C26H30F3N3O2. The van der Waals surface area contributed by atoms with Crippen molar-refractivity contribution in [3.8, 4) is 5.75 Å². The van der Waals surface area contributed by atoms with Gasteiger partial charge in [0.05, 0.1) is 0 Å². The van der Waals surface area contributed by atoms with Gasteiger partial charge in [-0.3, -0.25) is 9.69 Å². The Morgan fingerprint density at radius 1 is 1.03 bits per heavy atom. The Bertz CT molecular complexity index is 1050. The van der Waals surface area contributed by atoms with E-state index >= 15 is 0 Å². The smallest absolute Gasteiger partial charge is 0.406 e. The molecule has 2 aromatic carbocycles. The topological polar surface area (TPSA) is 36.0 Å². The van der Waals surface area contributed by atoms with E-state index in [4.69, 9.17) is 0 Å². The van der Waals surface area contributed by atoms with Gasteiger partial charge in [-0.15, -0.1) is 13.2 Å². The Morgan fingerprint density at radius 3 is 2.56 bits per heavy atom. The number of halogens is 3. The summed E-state index contributed by atoms with van der Waals surface area (Å²) in [5.74, 6) is -0.286. The molecule has 2 aromatic rings. The maximum absolute atomic E-state index is 13.1. The number of nitrogens with zero attached hydrogens (tertiary/aromatic N) is 3. The molecule has 2 fully saturated rings. The summed E-state index contributed by atoms with van der Waals surface area (Å²) in [7, 11) is 0. The Hall–Kier alpha value is -2.74. The number of piperidine rings is 1. The number of carbonyl (C=O) groups excluding carboxylic acids is 1. The second-order valence-corrected chi connectivity index (χ2v) is 9.63. The van der Waals surface area contributed by atoms with Gasteiger partial charge in [0.1, 0.15) is 5.75 Å². The first-order valence-corrected chi connectivity index (χ1v) is 12.0. The summed E-state index contributed by atoms with van der Waals surface area (Å²) >= 11 is 0. The predicted octanol–water partition coefficient (Wildman–Crippen LogP) is 5.11. The summed E-state index contributed by atoms with van der Waals surface area (Å²) < 4.78 is 41.1. The largest absolute Gasteiger partial charge is 0.573 e. The van der Waals surface area contributed by atoms with Crippen molar-refractivity contribution in [1.29, 1.82) is 0 Å². The van der Waals surface area contributed by atoms with E-state index in [-0.39, 0.29) is 11.7 Å². The van der Waals surface area contributed by atoms with Crippen LogP contribution in [0.2, 0.25) is 0 Å². The standard InChI is InChI=1S/C26H30F3N3O2/c1-18-13-22(31-12-4-11-30-10-3-2-5-21(30)17-31)14-20-16-32(25(33)24(18)20)15-19-6-8-23(9-7-19)34-26(27,28)29/h6-9,13-14,21H,2-5,10-12,15-17H2,1H3. The molecule has 3 aliphatic heterocycles. The number of hydrogen-bond donors (Lipinski definition) is 0. The molecular weight excluding hydrogens is 443 g/mol. The van der Waals surface area contributed by atoms with Crippen LogP contribution in [0.15, 0.2) is 36.4 Å². The summed E-state index contributed by atoms with van der Waals surface area (Å²) in [6.45, 7) is 7.26. The highest BCUT2D eigenvalue weighted by Crippen LogP contribution is 2.33. The van der Waals surface area contributed by atoms with E-state index in [1.165, 1.54) is 43.6 Å². The number of benzene rings is 2. The van der Waals surface area contributed by atoms with Crippen LogP contribution in [0, 0.1) is 6.92 Å². The molecule has 5 rings (SSSR count). The molecule has 3 aliphatic rings. The highest BCUT2D eigenvalue weighted by molar-refractivity contribution is 6.00. The second kappa shape index (κ2) is 9.13. The second-order valence-electron chi connectivity index (χ2n) is 9.63. The Labute approximate surface area is 198 Å². The van der Waals surface area contributed by atoms with Crippen LogP contribution in [0.3, 0.4) is 0 Å². The number of ether oxygens (including phenoxy) is 1. The van der Waals surface area contributed by atoms with Gasteiger partial charge >= 0.3 is 6.36 Å². The minimum Gasteiger partial charge on any atom is -0.406 e. The third-order valence-corrected chi connectivity index (χ3v) is 7.21. The van der Waals surface area contributed by atoms with Crippen LogP contribution < -0.4 is 9.64 Å². The fourth-order valence-electron chi connectivity index (χ4n) is 5.64. The molecule has 1 unspecified atom stereocenters. The molecule has 0 bridgehead atoms. The Balaban J connectivity index is 1.30. The highest BCUT2D eigenvalue weighted by atomic mass is 19.4. The molecule has 34 heavy (non-hydrogen) atoms. The fraction of sp³-hybridized carbons (Fsp3) is 0.500. The summed E-state index contributed by atoms with van der Waals surface area (Å²) in [5, 5.41) is 0. The summed E-state index contributed by atoms with van der Waals surface area (Å²) in [6.07, 6.45) is 0.270. The molecule has 0 aromatic heterocycles. The van der Waals surface area contributed by atoms with Crippen LogP contribution in [-0.4, -0.2) is 54.3 Å². The van der Waals surface area contributed by atoms with E-state index in [0.717, 1.165) is 48.3 Å². The lowest BCUT2D eigenvalue weighted by molar-refractivity contribution is -0.274. The van der Waals surface area contributed by atoms with E-state index in [1.807, 2.05) is 6.92 Å². The summed E-state index contributed by atoms with van der Waals surface area (Å²) in [4.78, 5) is 20.0.